The lowest BCUT2D eigenvalue weighted by Gasteiger charge is -2.17. The highest BCUT2D eigenvalue weighted by molar-refractivity contribution is 5.77. The molecule has 2 rings (SSSR count). The van der Waals surface area contributed by atoms with Crippen LogP contribution in [0.2, 0.25) is 0 Å². The number of rotatable bonds is 7. The quantitative estimate of drug-likeness (QED) is 0.841. The summed E-state index contributed by atoms with van der Waals surface area (Å²) in [6.45, 7) is 9.72. The number of likely N-dealkylation sites (N-methyl/N-ethyl adjacent to an activating group) is 2. The first-order chi connectivity index (χ1) is 10.5. The average Bonchev–Trinajstić information content (AvgIpc) is 3.04. The van der Waals surface area contributed by atoms with Gasteiger partial charge in [-0.15, -0.1) is 10.2 Å². The van der Waals surface area contributed by atoms with Crippen LogP contribution < -0.4 is 5.32 Å². The van der Waals surface area contributed by atoms with Gasteiger partial charge in [0.15, 0.2) is 0 Å². The number of nitrogens with one attached hydrogen (secondary N) is 1. The van der Waals surface area contributed by atoms with Crippen LogP contribution in [0.15, 0.2) is 14.9 Å². The van der Waals surface area contributed by atoms with Gasteiger partial charge in [0.2, 0.25) is 11.8 Å². The minimum atomic E-state index is -0.00890. The molecule has 0 bridgehead atoms. The van der Waals surface area contributed by atoms with Crippen LogP contribution in [0.3, 0.4) is 0 Å². The van der Waals surface area contributed by atoms with E-state index in [9.17, 15) is 4.79 Å². The minimum absolute atomic E-state index is 0.00890. The molecule has 0 atom stereocenters. The zero-order chi connectivity index (χ0) is 16.1. The summed E-state index contributed by atoms with van der Waals surface area (Å²) in [5.74, 6) is 2.48. The predicted octanol–water partition coefficient (Wildman–Crippen LogP) is 1.90. The molecule has 120 valence electrons. The van der Waals surface area contributed by atoms with Crippen LogP contribution in [0, 0.1) is 13.8 Å². The lowest BCUT2D eigenvalue weighted by atomic mass is 10.2. The topological polar surface area (TPSA) is 84.4 Å². The molecule has 0 radical (unpaired) electrons. The van der Waals surface area contributed by atoms with Crippen molar-refractivity contribution in [2.75, 3.05) is 19.6 Å². The summed E-state index contributed by atoms with van der Waals surface area (Å²) in [5, 5.41) is 10.9. The van der Waals surface area contributed by atoms with Crippen molar-refractivity contribution in [2.24, 2.45) is 0 Å². The van der Waals surface area contributed by atoms with Gasteiger partial charge in [-0.2, -0.15) is 0 Å². The molecule has 1 N–H and O–H groups in total. The fourth-order valence-electron chi connectivity index (χ4n) is 2.20. The number of aryl methyl sites for hydroxylation is 2. The monoisotopic (exact) mass is 306 g/mol. The molecule has 0 saturated carbocycles. The first-order valence-corrected chi connectivity index (χ1v) is 7.42. The lowest BCUT2D eigenvalue weighted by Crippen LogP contribution is -2.36. The molecule has 2 aromatic heterocycles. The molecule has 0 fully saturated rings. The van der Waals surface area contributed by atoms with E-state index in [4.69, 9.17) is 8.83 Å². The zero-order valence-corrected chi connectivity index (χ0v) is 13.5. The van der Waals surface area contributed by atoms with Crippen LogP contribution in [0.1, 0.15) is 31.3 Å². The maximum atomic E-state index is 11.6. The summed E-state index contributed by atoms with van der Waals surface area (Å²) < 4.78 is 11.2. The van der Waals surface area contributed by atoms with Crippen molar-refractivity contribution in [1.82, 2.24) is 20.4 Å². The molecular weight excluding hydrogens is 284 g/mol. The van der Waals surface area contributed by atoms with Crippen molar-refractivity contribution in [2.45, 2.75) is 34.2 Å². The van der Waals surface area contributed by atoms with Gasteiger partial charge in [-0.3, -0.25) is 9.69 Å². The molecule has 2 aromatic rings. The first kappa shape index (κ1) is 16.2. The van der Waals surface area contributed by atoms with E-state index in [1.807, 2.05) is 38.7 Å². The summed E-state index contributed by atoms with van der Waals surface area (Å²) in [7, 11) is 0. The van der Waals surface area contributed by atoms with Crippen molar-refractivity contribution in [3.8, 4) is 11.5 Å². The van der Waals surface area contributed by atoms with E-state index in [-0.39, 0.29) is 5.91 Å². The normalized spacial score (nSPS) is 11.1. The summed E-state index contributed by atoms with van der Waals surface area (Å²) >= 11 is 0. The number of hydrogen-bond acceptors (Lipinski definition) is 6. The van der Waals surface area contributed by atoms with E-state index in [0.29, 0.717) is 31.4 Å². The number of aromatic nitrogens is 2. The van der Waals surface area contributed by atoms with Gasteiger partial charge in [-0.25, -0.2) is 0 Å². The molecule has 0 saturated heterocycles. The fourth-order valence-corrected chi connectivity index (χ4v) is 2.20. The van der Waals surface area contributed by atoms with Crippen LogP contribution in [-0.2, 0) is 11.3 Å². The van der Waals surface area contributed by atoms with E-state index in [1.54, 1.807) is 0 Å². The van der Waals surface area contributed by atoms with Gasteiger partial charge in [-0.1, -0.05) is 6.92 Å². The first-order valence-electron chi connectivity index (χ1n) is 7.42. The second-order valence-electron chi connectivity index (χ2n) is 5.08. The Hall–Kier alpha value is -2.15. The fraction of sp³-hybridized carbons (Fsp3) is 0.533. The predicted molar refractivity (Wildman–Crippen MR) is 81.1 cm³/mol. The van der Waals surface area contributed by atoms with Crippen LogP contribution in [0.5, 0.6) is 0 Å². The van der Waals surface area contributed by atoms with E-state index in [1.165, 1.54) is 0 Å². The Labute approximate surface area is 129 Å². The van der Waals surface area contributed by atoms with Gasteiger partial charge < -0.3 is 14.2 Å². The third-order valence-corrected chi connectivity index (χ3v) is 3.29. The van der Waals surface area contributed by atoms with E-state index >= 15 is 0 Å². The Morgan fingerprint density at radius 2 is 2.05 bits per heavy atom. The molecule has 0 aromatic carbocycles. The van der Waals surface area contributed by atoms with Gasteiger partial charge >= 0.3 is 0 Å². The molecule has 7 heteroatoms. The van der Waals surface area contributed by atoms with Gasteiger partial charge in [0.25, 0.3) is 5.89 Å². The van der Waals surface area contributed by atoms with Crippen molar-refractivity contribution in [3.05, 3.63) is 23.5 Å². The third kappa shape index (κ3) is 3.94. The smallest absolute Gasteiger partial charge is 0.251 e. The van der Waals surface area contributed by atoms with E-state index in [0.717, 1.165) is 23.6 Å². The molecule has 0 aliphatic heterocycles. The summed E-state index contributed by atoms with van der Waals surface area (Å²) in [6, 6.07) is 1.87. The van der Waals surface area contributed by atoms with Gasteiger partial charge in [0.1, 0.15) is 11.5 Å². The standard InChI is InChI=1S/C15H22N4O3/c1-5-16-13(20)8-19(6-2)9-14-17-18-15(22-14)12-7-10(3)21-11(12)4/h7H,5-6,8-9H2,1-4H3,(H,16,20). The number of nitrogens with zero attached hydrogens (tertiary/aromatic N) is 3. The molecule has 1 amide bonds. The van der Waals surface area contributed by atoms with Gasteiger partial charge in [0, 0.05) is 6.54 Å². The van der Waals surface area contributed by atoms with Gasteiger partial charge in [0.05, 0.1) is 18.7 Å². The molecule has 2 heterocycles. The Kier molecular flexibility index (Phi) is 5.32. The molecule has 0 aliphatic rings. The molecule has 0 aliphatic carbocycles. The Morgan fingerprint density at radius 1 is 1.27 bits per heavy atom. The number of amides is 1. The van der Waals surface area contributed by atoms with Crippen molar-refractivity contribution in [3.63, 3.8) is 0 Å². The number of carbonyl (C=O) groups is 1. The Bertz CT molecular complexity index is 633. The maximum absolute atomic E-state index is 11.6. The number of hydrogen-bond donors (Lipinski definition) is 1. The highest BCUT2D eigenvalue weighted by Crippen LogP contribution is 2.25. The largest absolute Gasteiger partial charge is 0.466 e. The average molecular weight is 306 g/mol. The van der Waals surface area contributed by atoms with Crippen molar-refractivity contribution < 1.29 is 13.6 Å². The van der Waals surface area contributed by atoms with Crippen LogP contribution >= 0.6 is 0 Å². The van der Waals surface area contributed by atoms with Crippen molar-refractivity contribution in [1.29, 1.82) is 0 Å². The summed E-state index contributed by atoms with van der Waals surface area (Å²) in [5.41, 5.74) is 0.808. The highest BCUT2D eigenvalue weighted by Gasteiger charge is 2.17. The molecule has 7 nitrogen and oxygen atoms in total. The van der Waals surface area contributed by atoms with Gasteiger partial charge in [-0.05, 0) is 33.4 Å². The molecule has 0 spiro atoms. The van der Waals surface area contributed by atoms with Crippen LogP contribution in [0.4, 0.5) is 0 Å². The second-order valence-corrected chi connectivity index (χ2v) is 5.08. The Balaban J connectivity index is 2.04. The maximum Gasteiger partial charge on any atom is 0.251 e. The van der Waals surface area contributed by atoms with Crippen molar-refractivity contribution >= 4 is 5.91 Å². The van der Waals surface area contributed by atoms with Crippen LogP contribution in [-0.4, -0.2) is 40.6 Å². The highest BCUT2D eigenvalue weighted by atomic mass is 16.4. The third-order valence-electron chi connectivity index (χ3n) is 3.29. The van der Waals surface area contributed by atoms with E-state index in [2.05, 4.69) is 15.5 Å². The zero-order valence-electron chi connectivity index (χ0n) is 13.5. The Morgan fingerprint density at radius 3 is 2.64 bits per heavy atom. The molecule has 22 heavy (non-hydrogen) atoms. The SMILES string of the molecule is CCNC(=O)CN(CC)Cc1nnc(-c2cc(C)oc2C)o1. The van der Waals surface area contributed by atoms with E-state index < -0.39 is 0 Å². The second kappa shape index (κ2) is 7.22. The minimum Gasteiger partial charge on any atom is -0.466 e. The summed E-state index contributed by atoms with van der Waals surface area (Å²) in [6.07, 6.45) is 0. The molecular formula is C15H22N4O3. The number of carbonyl (C=O) groups excluding carboxylic acids is 1. The lowest BCUT2D eigenvalue weighted by molar-refractivity contribution is -0.122. The van der Waals surface area contributed by atoms with Crippen LogP contribution in [0.25, 0.3) is 11.5 Å². The summed E-state index contributed by atoms with van der Waals surface area (Å²) in [4.78, 5) is 13.6. The molecule has 0 unspecified atom stereocenters. The number of furan rings is 1.